The summed E-state index contributed by atoms with van der Waals surface area (Å²) >= 11 is 0. The monoisotopic (exact) mass is 265 g/mol. The third kappa shape index (κ3) is 5.75. The Morgan fingerprint density at radius 3 is 2.63 bits per heavy atom. The van der Waals surface area contributed by atoms with Gasteiger partial charge >= 0.3 is 0 Å². The molecule has 0 saturated carbocycles. The number of terminal acetylenes is 1. The minimum Gasteiger partial charge on any atom is -0.339 e. The summed E-state index contributed by atoms with van der Waals surface area (Å²) < 4.78 is 0. The van der Waals surface area contributed by atoms with Crippen LogP contribution in [0.3, 0.4) is 0 Å². The van der Waals surface area contributed by atoms with E-state index in [2.05, 4.69) is 11.2 Å². The molecule has 1 saturated heterocycles. The molecule has 0 unspecified atom stereocenters. The van der Waals surface area contributed by atoms with Crippen LogP contribution in [0.4, 0.5) is 0 Å². The number of rotatable bonds is 6. The van der Waals surface area contributed by atoms with E-state index in [1.54, 1.807) is 11.9 Å². The van der Waals surface area contributed by atoms with Gasteiger partial charge in [0.1, 0.15) is 0 Å². The zero-order valence-electron chi connectivity index (χ0n) is 11.7. The Kier molecular flexibility index (Phi) is 6.98. The Bertz CT molecular complexity index is 343. The first kappa shape index (κ1) is 15.5. The molecule has 0 atom stereocenters. The lowest BCUT2D eigenvalue weighted by molar-refractivity contribution is -0.139. The van der Waals surface area contributed by atoms with E-state index in [1.165, 1.54) is 4.90 Å². The lowest BCUT2D eigenvalue weighted by atomic mass is 10.2. The van der Waals surface area contributed by atoms with Crippen molar-refractivity contribution in [1.82, 2.24) is 15.1 Å². The summed E-state index contributed by atoms with van der Waals surface area (Å²) in [6.07, 6.45) is 7.97. The highest BCUT2D eigenvalue weighted by molar-refractivity contribution is 5.84. The van der Waals surface area contributed by atoms with Crippen molar-refractivity contribution in [3.8, 4) is 12.3 Å². The van der Waals surface area contributed by atoms with Crippen LogP contribution in [0.25, 0.3) is 0 Å². The molecular formula is C14H23N3O2. The van der Waals surface area contributed by atoms with Crippen molar-refractivity contribution in [3.63, 3.8) is 0 Å². The van der Waals surface area contributed by atoms with Gasteiger partial charge in [0.05, 0.1) is 6.54 Å². The maximum atomic E-state index is 12.0. The van der Waals surface area contributed by atoms with Crippen molar-refractivity contribution < 1.29 is 9.59 Å². The highest BCUT2D eigenvalue weighted by atomic mass is 16.2. The number of unbranched alkanes of at least 4 members (excludes halogenated alkanes) is 2. The molecule has 0 aromatic rings. The number of nitrogens with zero attached hydrogens (tertiary/aromatic N) is 2. The Morgan fingerprint density at radius 2 is 2.00 bits per heavy atom. The molecule has 19 heavy (non-hydrogen) atoms. The van der Waals surface area contributed by atoms with Gasteiger partial charge in [0.25, 0.3) is 0 Å². The van der Waals surface area contributed by atoms with Crippen LogP contribution in [0.5, 0.6) is 0 Å². The Morgan fingerprint density at radius 1 is 1.32 bits per heavy atom. The normalized spacial score (nSPS) is 14.8. The van der Waals surface area contributed by atoms with E-state index in [1.807, 2.05) is 0 Å². The zero-order valence-corrected chi connectivity index (χ0v) is 11.7. The van der Waals surface area contributed by atoms with Gasteiger partial charge in [-0.3, -0.25) is 9.59 Å². The second-order valence-corrected chi connectivity index (χ2v) is 4.79. The van der Waals surface area contributed by atoms with Crippen molar-refractivity contribution in [2.45, 2.75) is 25.7 Å². The summed E-state index contributed by atoms with van der Waals surface area (Å²) in [7, 11) is 1.68. The van der Waals surface area contributed by atoms with Gasteiger partial charge in [-0.25, -0.2) is 0 Å². The molecule has 0 spiro atoms. The van der Waals surface area contributed by atoms with Crippen molar-refractivity contribution in [2.75, 3.05) is 39.8 Å². The lowest BCUT2D eigenvalue weighted by Gasteiger charge is -2.29. The molecule has 1 N–H and O–H groups in total. The smallest absolute Gasteiger partial charge is 0.242 e. The maximum Gasteiger partial charge on any atom is 0.242 e. The third-order valence-electron chi connectivity index (χ3n) is 3.23. The van der Waals surface area contributed by atoms with Crippen molar-refractivity contribution in [3.05, 3.63) is 0 Å². The van der Waals surface area contributed by atoms with Crippen LogP contribution in [0.2, 0.25) is 0 Å². The molecule has 0 aromatic carbocycles. The van der Waals surface area contributed by atoms with Gasteiger partial charge in [0.15, 0.2) is 0 Å². The van der Waals surface area contributed by atoms with Crippen LogP contribution >= 0.6 is 0 Å². The number of likely N-dealkylation sites (N-methyl/N-ethyl adjacent to an activating group) is 1. The standard InChI is InChI=1S/C14H23N3O2/c1-3-4-5-6-7-13(18)16(2)12-14(19)17-10-8-15-9-11-17/h1,15H,4-12H2,2H3. The number of piperazine rings is 1. The molecule has 1 heterocycles. The number of hydrogen-bond donors (Lipinski definition) is 1. The summed E-state index contributed by atoms with van der Waals surface area (Å²) in [6, 6.07) is 0. The zero-order chi connectivity index (χ0) is 14.1. The molecule has 5 heteroatoms. The fourth-order valence-electron chi connectivity index (χ4n) is 2.00. The molecule has 1 fully saturated rings. The largest absolute Gasteiger partial charge is 0.339 e. The summed E-state index contributed by atoms with van der Waals surface area (Å²) in [5.41, 5.74) is 0. The molecule has 0 aliphatic carbocycles. The van der Waals surface area contributed by atoms with Crippen LogP contribution in [-0.2, 0) is 9.59 Å². The molecule has 1 aliphatic heterocycles. The molecule has 0 aromatic heterocycles. The van der Waals surface area contributed by atoms with Gasteiger partial charge in [-0.2, -0.15) is 0 Å². The molecule has 0 radical (unpaired) electrons. The molecular weight excluding hydrogens is 242 g/mol. The summed E-state index contributed by atoms with van der Waals surface area (Å²) in [5, 5.41) is 3.19. The maximum absolute atomic E-state index is 12.0. The van der Waals surface area contributed by atoms with Gasteiger partial charge in [0.2, 0.25) is 11.8 Å². The van der Waals surface area contributed by atoms with Gasteiger partial charge in [-0.1, -0.05) is 0 Å². The Hall–Kier alpha value is -1.54. The molecule has 1 rings (SSSR count). The summed E-state index contributed by atoms with van der Waals surface area (Å²) in [4.78, 5) is 27.1. The first-order valence-corrected chi connectivity index (χ1v) is 6.81. The van der Waals surface area contributed by atoms with Crippen molar-refractivity contribution >= 4 is 11.8 Å². The topological polar surface area (TPSA) is 52.7 Å². The summed E-state index contributed by atoms with van der Waals surface area (Å²) in [6.45, 7) is 3.28. The third-order valence-corrected chi connectivity index (χ3v) is 3.23. The van der Waals surface area contributed by atoms with Crippen LogP contribution < -0.4 is 5.32 Å². The number of nitrogens with one attached hydrogen (secondary N) is 1. The van der Waals surface area contributed by atoms with Crippen LogP contribution in [0, 0.1) is 12.3 Å². The van der Waals surface area contributed by atoms with Gasteiger partial charge < -0.3 is 15.1 Å². The van der Waals surface area contributed by atoms with Gasteiger partial charge in [-0.15, -0.1) is 12.3 Å². The first-order chi connectivity index (χ1) is 9.15. The average Bonchev–Trinajstić information content (AvgIpc) is 2.44. The van der Waals surface area contributed by atoms with Crippen molar-refractivity contribution in [2.24, 2.45) is 0 Å². The Balaban J connectivity index is 2.24. The van der Waals surface area contributed by atoms with Gasteiger partial charge in [0, 0.05) is 46.1 Å². The minimum atomic E-state index is 0.0144. The number of amides is 2. The predicted molar refractivity (Wildman–Crippen MR) is 74.4 cm³/mol. The molecule has 0 bridgehead atoms. The van der Waals surface area contributed by atoms with E-state index in [0.29, 0.717) is 12.8 Å². The quantitative estimate of drug-likeness (QED) is 0.546. The predicted octanol–water partition coefficient (Wildman–Crippen LogP) is 0.0702. The van der Waals surface area contributed by atoms with E-state index in [-0.39, 0.29) is 18.4 Å². The highest BCUT2D eigenvalue weighted by Gasteiger charge is 2.19. The average molecular weight is 265 g/mol. The number of carbonyl (C=O) groups excluding carboxylic acids is 2. The number of carbonyl (C=O) groups is 2. The van der Waals surface area contributed by atoms with E-state index in [0.717, 1.165) is 39.0 Å². The molecule has 106 valence electrons. The van der Waals surface area contributed by atoms with Crippen LogP contribution in [-0.4, -0.2) is 61.4 Å². The van der Waals surface area contributed by atoms with E-state index >= 15 is 0 Å². The molecule has 1 aliphatic rings. The van der Waals surface area contributed by atoms with E-state index in [9.17, 15) is 9.59 Å². The number of hydrogen-bond acceptors (Lipinski definition) is 3. The Labute approximate surface area is 115 Å². The lowest BCUT2D eigenvalue weighted by Crippen LogP contribution is -2.49. The van der Waals surface area contributed by atoms with E-state index in [4.69, 9.17) is 6.42 Å². The second-order valence-electron chi connectivity index (χ2n) is 4.79. The highest BCUT2D eigenvalue weighted by Crippen LogP contribution is 2.03. The first-order valence-electron chi connectivity index (χ1n) is 6.81. The SMILES string of the molecule is C#CCCCCC(=O)N(C)CC(=O)N1CCNCC1. The minimum absolute atomic E-state index is 0.0144. The summed E-state index contributed by atoms with van der Waals surface area (Å²) in [5.74, 6) is 2.60. The fourth-order valence-corrected chi connectivity index (χ4v) is 2.00. The fraction of sp³-hybridized carbons (Fsp3) is 0.714. The van der Waals surface area contributed by atoms with Gasteiger partial charge in [-0.05, 0) is 12.8 Å². The van der Waals surface area contributed by atoms with Crippen LogP contribution in [0.1, 0.15) is 25.7 Å². The second kappa shape index (κ2) is 8.54. The van der Waals surface area contributed by atoms with Crippen LogP contribution in [0.15, 0.2) is 0 Å². The van der Waals surface area contributed by atoms with E-state index < -0.39 is 0 Å². The van der Waals surface area contributed by atoms with Crippen molar-refractivity contribution in [1.29, 1.82) is 0 Å². The molecule has 5 nitrogen and oxygen atoms in total. The molecule has 2 amide bonds.